The number of carbonyl (C=O) groups is 2. The van der Waals surface area contributed by atoms with Gasteiger partial charge in [-0.05, 0) is 19.9 Å². The molecular weight excluding hydrogens is 282 g/mol. The van der Waals surface area contributed by atoms with Crippen molar-refractivity contribution in [1.29, 1.82) is 0 Å². The standard InChI is InChI=1S/C13H18ClN3O3/c1-3-16-13(19)17-12(18)8(2)20-11-9(7-15)5-4-6-10(11)14/h4-6,8H,3,7,15H2,1-2H3,(H2,16,17,18,19). The minimum atomic E-state index is -0.872. The SMILES string of the molecule is CCNC(=O)NC(=O)C(C)Oc1c(Cl)cccc1CN. The number of ether oxygens (including phenoxy) is 1. The van der Waals surface area contributed by atoms with Crippen LogP contribution in [0, 0.1) is 0 Å². The molecule has 7 heteroatoms. The number of rotatable bonds is 5. The lowest BCUT2D eigenvalue weighted by Crippen LogP contribution is -2.45. The highest BCUT2D eigenvalue weighted by molar-refractivity contribution is 6.32. The van der Waals surface area contributed by atoms with Gasteiger partial charge in [0.2, 0.25) is 0 Å². The second-order valence-electron chi connectivity index (χ2n) is 4.04. The van der Waals surface area contributed by atoms with E-state index in [9.17, 15) is 9.59 Å². The van der Waals surface area contributed by atoms with E-state index in [1.807, 2.05) is 0 Å². The number of amides is 3. The highest BCUT2D eigenvalue weighted by Crippen LogP contribution is 2.29. The van der Waals surface area contributed by atoms with E-state index in [2.05, 4.69) is 10.6 Å². The minimum Gasteiger partial charge on any atom is -0.479 e. The molecule has 3 amide bonds. The van der Waals surface area contributed by atoms with Gasteiger partial charge in [0, 0.05) is 18.7 Å². The average molecular weight is 300 g/mol. The molecule has 0 radical (unpaired) electrons. The van der Waals surface area contributed by atoms with Crippen LogP contribution in [0.4, 0.5) is 4.79 Å². The Hall–Kier alpha value is -1.79. The number of hydrogen-bond donors (Lipinski definition) is 3. The first kappa shape index (κ1) is 16.3. The fourth-order valence-corrected chi connectivity index (χ4v) is 1.73. The van der Waals surface area contributed by atoms with Crippen molar-refractivity contribution in [3.8, 4) is 5.75 Å². The summed E-state index contributed by atoms with van der Waals surface area (Å²) in [5, 5.41) is 4.99. The maximum atomic E-state index is 11.8. The molecule has 1 unspecified atom stereocenters. The van der Waals surface area contributed by atoms with Crippen LogP contribution in [-0.4, -0.2) is 24.6 Å². The second-order valence-corrected chi connectivity index (χ2v) is 4.45. The predicted molar refractivity (Wildman–Crippen MR) is 76.6 cm³/mol. The van der Waals surface area contributed by atoms with Crippen molar-refractivity contribution in [2.45, 2.75) is 26.5 Å². The Morgan fingerprint density at radius 3 is 2.75 bits per heavy atom. The summed E-state index contributed by atoms with van der Waals surface area (Å²) in [5.41, 5.74) is 6.28. The van der Waals surface area contributed by atoms with E-state index in [-0.39, 0.29) is 6.54 Å². The molecule has 0 aromatic heterocycles. The molecule has 110 valence electrons. The van der Waals surface area contributed by atoms with Crippen molar-refractivity contribution in [2.24, 2.45) is 5.73 Å². The van der Waals surface area contributed by atoms with Crippen LogP contribution in [-0.2, 0) is 11.3 Å². The van der Waals surface area contributed by atoms with Crippen molar-refractivity contribution in [2.75, 3.05) is 6.54 Å². The van der Waals surface area contributed by atoms with E-state index in [0.717, 1.165) is 0 Å². The molecule has 0 aliphatic rings. The lowest BCUT2D eigenvalue weighted by atomic mass is 10.2. The molecule has 1 rings (SSSR count). The molecule has 0 bridgehead atoms. The zero-order valence-corrected chi connectivity index (χ0v) is 12.2. The number of nitrogens with one attached hydrogen (secondary N) is 2. The van der Waals surface area contributed by atoms with E-state index < -0.39 is 18.0 Å². The van der Waals surface area contributed by atoms with Crippen molar-refractivity contribution in [3.05, 3.63) is 28.8 Å². The van der Waals surface area contributed by atoms with Gasteiger partial charge in [-0.15, -0.1) is 0 Å². The lowest BCUT2D eigenvalue weighted by Gasteiger charge is -2.17. The van der Waals surface area contributed by atoms with Crippen LogP contribution in [0.5, 0.6) is 5.75 Å². The quantitative estimate of drug-likeness (QED) is 0.766. The average Bonchev–Trinajstić information content (AvgIpc) is 2.41. The second kappa shape index (κ2) is 7.72. The molecular formula is C13H18ClN3O3. The van der Waals surface area contributed by atoms with Gasteiger partial charge >= 0.3 is 6.03 Å². The summed E-state index contributed by atoms with van der Waals surface area (Å²) in [4.78, 5) is 23.0. The maximum absolute atomic E-state index is 11.8. The Bertz CT molecular complexity index is 494. The molecule has 0 spiro atoms. The predicted octanol–water partition coefficient (Wildman–Crippen LogP) is 1.41. The highest BCUT2D eigenvalue weighted by atomic mass is 35.5. The van der Waals surface area contributed by atoms with Crippen LogP contribution < -0.4 is 21.1 Å². The summed E-state index contributed by atoms with van der Waals surface area (Å²) in [5.74, 6) is -0.200. The number of hydrogen-bond acceptors (Lipinski definition) is 4. The van der Waals surface area contributed by atoms with E-state index in [1.54, 1.807) is 25.1 Å². The summed E-state index contributed by atoms with van der Waals surface area (Å²) < 4.78 is 5.50. The third-order valence-electron chi connectivity index (χ3n) is 2.51. The molecule has 1 aromatic rings. The first-order valence-electron chi connectivity index (χ1n) is 6.22. The van der Waals surface area contributed by atoms with Gasteiger partial charge in [0.05, 0.1) is 5.02 Å². The summed E-state index contributed by atoms with van der Waals surface area (Å²) >= 11 is 6.02. The van der Waals surface area contributed by atoms with Crippen molar-refractivity contribution in [3.63, 3.8) is 0 Å². The molecule has 0 fully saturated rings. The van der Waals surface area contributed by atoms with E-state index in [0.29, 0.717) is 22.9 Å². The fourth-order valence-electron chi connectivity index (χ4n) is 1.49. The molecule has 1 aromatic carbocycles. The number of imide groups is 1. The van der Waals surface area contributed by atoms with Gasteiger partial charge in [-0.1, -0.05) is 23.7 Å². The molecule has 0 aliphatic heterocycles. The molecule has 1 atom stereocenters. The van der Waals surface area contributed by atoms with Crippen LogP contribution in [0.25, 0.3) is 0 Å². The number of nitrogens with two attached hydrogens (primary N) is 1. The topological polar surface area (TPSA) is 93.5 Å². The largest absolute Gasteiger partial charge is 0.479 e. The number of benzene rings is 1. The van der Waals surface area contributed by atoms with Crippen LogP contribution >= 0.6 is 11.6 Å². The smallest absolute Gasteiger partial charge is 0.321 e. The Balaban J connectivity index is 2.73. The third kappa shape index (κ3) is 4.40. The third-order valence-corrected chi connectivity index (χ3v) is 2.80. The van der Waals surface area contributed by atoms with Gasteiger partial charge in [0.25, 0.3) is 5.91 Å². The van der Waals surface area contributed by atoms with Crippen LogP contribution in [0.3, 0.4) is 0 Å². The molecule has 0 heterocycles. The Kier molecular flexibility index (Phi) is 6.27. The van der Waals surface area contributed by atoms with Gasteiger partial charge in [0.15, 0.2) is 6.10 Å². The summed E-state index contributed by atoms with van der Waals surface area (Å²) in [6.45, 7) is 3.94. The zero-order chi connectivity index (χ0) is 15.1. The van der Waals surface area contributed by atoms with Gasteiger partial charge < -0.3 is 15.8 Å². The van der Waals surface area contributed by atoms with Crippen LogP contribution in [0.1, 0.15) is 19.4 Å². The Morgan fingerprint density at radius 2 is 2.15 bits per heavy atom. The molecule has 0 saturated heterocycles. The minimum absolute atomic E-state index is 0.237. The normalized spacial score (nSPS) is 11.6. The number of para-hydroxylation sites is 1. The van der Waals surface area contributed by atoms with Crippen LogP contribution in [0.15, 0.2) is 18.2 Å². The Morgan fingerprint density at radius 1 is 1.45 bits per heavy atom. The molecule has 0 saturated carbocycles. The monoisotopic (exact) mass is 299 g/mol. The van der Waals surface area contributed by atoms with Gasteiger partial charge in [0.1, 0.15) is 5.75 Å². The Labute approximate surface area is 122 Å². The molecule has 0 aliphatic carbocycles. The van der Waals surface area contributed by atoms with E-state index >= 15 is 0 Å². The number of halogens is 1. The van der Waals surface area contributed by atoms with Crippen molar-refractivity contribution < 1.29 is 14.3 Å². The first-order valence-corrected chi connectivity index (χ1v) is 6.60. The molecule has 20 heavy (non-hydrogen) atoms. The van der Waals surface area contributed by atoms with Gasteiger partial charge in [-0.3, -0.25) is 10.1 Å². The van der Waals surface area contributed by atoms with Gasteiger partial charge in [-0.2, -0.15) is 0 Å². The van der Waals surface area contributed by atoms with Gasteiger partial charge in [-0.25, -0.2) is 4.79 Å². The fraction of sp³-hybridized carbons (Fsp3) is 0.385. The van der Waals surface area contributed by atoms with E-state index in [4.69, 9.17) is 22.1 Å². The van der Waals surface area contributed by atoms with Crippen molar-refractivity contribution in [1.82, 2.24) is 10.6 Å². The number of urea groups is 1. The van der Waals surface area contributed by atoms with Crippen LogP contribution in [0.2, 0.25) is 5.02 Å². The zero-order valence-electron chi connectivity index (χ0n) is 11.4. The first-order chi connectivity index (χ1) is 9.49. The number of carbonyl (C=O) groups excluding carboxylic acids is 2. The van der Waals surface area contributed by atoms with Crippen molar-refractivity contribution >= 4 is 23.5 Å². The molecule has 6 nitrogen and oxygen atoms in total. The lowest BCUT2D eigenvalue weighted by molar-refractivity contribution is -0.126. The van der Waals surface area contributed by atoms with E-state index in [1.165, 1.54) is 6.92 Å². The summed E-state index contributed by atoms with van der Waals surface area (Å²) in [6, 6.07) is 4.59. The summed E-state index contributed by atoms with van der Waals surface area (Å²) in [6.07, 6.45) is -0.872. The summed E-state index contributed by atoms with van der Waals surface area (Å²) in [7, 11) is 0. The maximum Gasteiger partial charge on any atom is 0.321 e. The highest BCUT2D eigenvalue weighted by Gasteiger charge is 2.19. The molecule has 4 N–H and O–H groups in total.